The lowest BCUT2D eigenvalue weighted by Crippen LogP contribution is -2.13. The molecule has 17 heavy (non-hydrogen) atoms. The van der Waals surface area contributed by atoms with Crippen molar-refractivity contribution in [2.24, 2.45) is 5.73 Å². The van der Waals surface area contributed by atoms with Gasteiger partial charge in [-0.3, -0.25) is 4.79 Å². The van der Waals surface area contributed by atoms with Gasteiger partial charge in [0.15, 0.2) is 19.7 Å². The van der Waals surface area contributed by atoms with Crippen LogP contribution in [0.1, 0.15) is 10.4 Å². The van der Waals surface area contributed by atoms with E-state index in [1.807, 2.05) is 0 Å². The monoisotopic (exact) mass is 277 g/mol. The first-order valence-corrected chi connectivity index (χ1v) is 8.15. The number of primary amides is 1. The van der Waals surface area contributed by atoms with E-state index < -0.39 is 25.6 Å². The summed E-state index contributed by atoms with van der Waals surface area (Å²) in [5.74, 6) is -0.889. The van der Waals surface area contributed by atoms with Gasteiger partial charge in [0, 0.05) is 18.1 Å². The first-order chi connectivity index (χ1) is 7.51. The molecule has 0 heterocycles. The van der Waals surface area contributed by atoms with Gasteiger partial charge in [-0.25, -0.2) is 16.8 Å². The molecule has 0 spiro atoms. The van der Waals surface area contributed by atoms with Gasteiger partial charge < -0.3 is 5.73 Å². The number of nitrogens with two attached hydrogens (primary N) is 1. The fourth-order valence-electron chi connectivity index (χ4n) is 1.14. The molecule has 94 valence electrons. The summed E-state index contributed by atoms with van der Waals surface area (Å²) in [4.78, 5) is 10.5. The Morgan fingerprint density at radius 2 is 1.29 bits per heavy atom. The summed E-state index contributed by atoms with van der Waals surface area (Å²) in [5.41, 5.74) is 4.85. The van der Waals surface area contributed by atoms with E-state index in [0.29, 0.717) is 0 Å². The van der Waals surface area contributed by atoms with Crippen LogP contribution in [0.3, 0.4) is 0 Å². The van der Waals surface area contributed by atoms with Gasteiger partial charge in [0.2, 0.25) is 5.91 Å². The molecular weight excluding hydrogens is 266 g/mol. The summed E-state index contributed by atoms with van der Waals surface area (Å²) < 4.78 is 45.4. The van der Waals surface area contributed by atoms with E-state index in [2.05, 4.69) is 0 Å². The van der Waals surface area contributed by atoms with Crippen LogP contribution < -0.4 is 5.73 Å². The summed E-state index contributed by atoms with van der Waals surface area (Å²) in [5, 5.41) is 0. The topological polar surface area (TPSA) is 111 Å². The van der Waals surface area contributed by atoms with Gasteiger partial charge in [-0.15, -0.1) is 0 Å². The number of carbonyl (C=O) groups is 1. The number of rotatable bonds is 3. The van der Waals surface area contributed by atoms with Crippen LogP contribution in [0.4, 0.5) is 0 Å². The smallest absolute Gasteiger partial charge is 0.248 e. The Morgan fingerprint density at radius 1 is 0.941 bits per heavy atom. The van der Waals surface area contributed by atoms with Crippen LogP contribution in [0.15, 0.2) is 28.0 Å². The molecule has 0 fully saturated rings. The molecule has 0 saturated heterocycles. The average Bonchev–Trinajstić information content (AvgIpc) is 2.14. The number of hydrogen-bond donors (Lipinski definition) is 1. The molecule has 1 aromatic rings. The third-order valence-electron chi connectivity index (χ3n) is 2.02. The average molecular weight is 277 g/mol. The van der Waals surface area contributed by atoms with E-state index in [-0.39, 0.29) is 15.4 Å². The maximum Gasteiger partial charge on any atom is 0.248 e. The second kappa shape index (κ2) is 4.11. The highest BCUT2D eigenvalue weighted by molar-refractivity contribution is 7.91. The molecule has 0 aliphatic heterocycles. The van der Waals surface area contributed by atoms with E-state index in [4.69, 9.17) is 5.73 Å². The zero-order valence-electron chi connectivity index (χ0n) is 9.17. The third kappa shape index (κ3) is 3.27. The van der Waals surface area contributed by atoms with E-state index in [9.17, 15) is 21.6 Å². The SMILES string of the molecule is CS(=O)(=O)c1cc(C(N)=O)cc(S(C)(=O)=O)c1. The molecule has 0 aromatic heterocycles. The lowest BCUT2D eigenvalue weighted by Gasteiger charge is -2.05. The first kappa shape index (κ1) is 13.7. The van der Waals surface area contributed by atoms with Gasteiger partial charge in [-0.1, -0.05) is 0 Å². The molecular formula is C9H11NO5S2. The molecule has 2 N–H and O–H groups in total. The van der Waals surface area contributed by atoms with Gasteiger partial charge in [-0.2, -0.15) is 0 Å². The molecule has 0 aliphatic rings. The van der Waals surface area contributed by atoms with Gasteiger partial charge in [0.25, 0.3) is 0 Å². The number of carbonyl (C=O) groups excluding carboxylic acids is 1. The van der Waals surface area contributed by atoms with Crippen molar-refractivity contribution >= 4 is 25.6 Å². The highest BCUT2D eigenvalue weighted by atomic mass is 32.2. The fraction of sp³-hybridized carbons (Fsp3) is 0.222. The number of hydrogen-bond acceptors (Lipinski definition) is 5. The van der Waals surface area contributed by atoms with Crippen LogP contribution in [0.25, 0.3) is 0 Å². The van der Waals surface area contributed by atoms with Gasteiger partial charge in [0.1, 0.15) is 0 Å². The molecule has 8 heteroatoms. The Balaban J connectivity index is 3.68. The zero-order valence-corrected chi connectivity index (χ0v) is 10.8. The van der Waals surface area contributed by atoms with Crippen LogP contribution in [-0.4, -0.2) is 35.3 Å². The van der Waals surface area contributed by atoms with E-state index >= 15 is 0 Å². The molecule has 0 radical (unpaired) electrons. The quantitative estimate of drug-likeness (QED) is 0.807. The van der Waals surface area contributed by atoms with Crippen molar-refractivity contribution < 1.29 is 21.6 Å². The second-order valence-electron chi connectivity index (χ2n) is 3.60. The van der Waals surface area contributed by atoms with E-state index in [1.54, 1.807) is 0 Å². The summed E-state index contributed by atoms with van der Waals surface area (Å²) in [6.45, 7) is 0. The Kier molecular flexibility index (Phi) is 3.30. The van der Waals surface area contributed by atoms with Gasteiger partial charge in [0.05, 0.1) is 9.79 Å². The minimum atomic E-state index is -3.61. The molecule has 1 amide bonds. The van der Waals surface area contributed by atoms with E-state index in [0.717, 1.165) is 30.7 Å². The molecule has 6 nitrogen and oxygen atoms in total. The van der Waals surface area contributed by atoms with Crippen LogP contribution >= 0.6 is 0 Å². The van der Waals surface area contributed by atoms with Crippen LogP contribution in [-0.2, 0) is 19.7 Å². The number of amides is 1. The van der Waals surface area contributed by atoms with Crippen molar-refractivity contribution in [1.82, 2.24) is 0 Å². The summed E-state index contributed by atoms with van der Waals surface area (Å²) in [7, 11) is -7.23. The van der Waals surface area contributed by atoms with Crippen molar-refractivity contribution in [1.29, 1.82) is 0 Å². The van der Waals surface area contributed by atoms with Gasteiger partial charge >= 0.3 is 0 Å². The highest BCUT2D eigenvalue weighted by Crippen LogP contribution is 2.18. The maximum absolute atomic E-state index is 11.3. The molecule has 0 atom stereocenters. The second-order valence-corrected chi connectivity index (χ2v) is 7.63. The normalized spacial score (nSPS) is 12.4. The minimum absolute atomic E-state index is 0.159. The largest absolute Gasteiger partial charge is 0.366 e. The predicted octanol–water partition coefficient (Wildman–Crippen LogP) is -0.407. The Labute approximate surface area is 99.3 Å². The molecule has 0 aliphatic carbocycles. The Hall–Kier alpha value is -1.41. The summed E-state index contributed by atoms with van der Waals surface area (Å²) in [6, 6.07) is 3.09. The lowest BCUT2D eigenvalue weighted by atomic mass is 10.2. The van der Waals surface area contributed by atoms with Crippen LogP contribution in [0.2, 0.25) is 0 Å². The molecule has 1 rings (SSSR count). The minimum Gasteiger partial charge on any atom is -0.366 e. The Morgan fingerprint density at radius 3 is 1.53 bits per heavy atom. The maximum atomic E-state index is 11.3. The number of sulfone groups is 2. The standard InChI is InChI=1S/C9H11NO5S2/c1-16(12,13)7-3-6(9(10)11)4-8(5-7)17(2,14)15/h3-5H,1-2H3,(H2,10,11). The van der Waals surface area contributed by atoms with Crippen molar-refractivity contribution in [2.75, 3.05) is 12.5 Å². The van der Waals surface area contributed by atoms with Crippen LogP contribution in [0, 0.1) is 0 Å². The van der Waals surface area contributed by atoms with E-state index in [1.165, 1.54) is 0 Å². The predicted molar refractivity (Wildman–Crippen MR) is 61.2 cm³/mol. The molecule has 0 saturated carbocycles. The van der Waals surface area contributed by atoms with Gasteiger partial charge in [-0.05, 0) is 18.2 Å². The summed E-state index contributed by atoms with van der Waals surface area (Å²) in [6.07, 6.45) is 1.83. The summed E-state index contributed by atoms with van der Waals surface area (Å²) >= 11 is 0. The van der Waals surface area contributed by atoms with Crippen molar-refractivity contribution in [3.63, 3.8) is 0 Å². The first-order valence-electron chi connectivity index (χ1n) is 4.37. The molecule has 0 bridgehead atoms. The number of benzene rings is 1. The third-order valence-corrected chi connectivity index (χ3v) is 4.20. The van der Waals surface area contributed by atoms with Crippen molar-refractivity contribution in [3.8, 4) is 0 Å². The van der Waals surface area contributed by atoms with Crippen molar-refractivity contribution in [2.45, 2.75) is 9.79 Å². The van der Waals surface area contributed by atoms with Crippen LogP contribution in [0.5, 0.6) is 0 Å². The Bertz CT molecular complexity index is 623. The zero-order chi connectivity index (χ0) is 13.4. The van der Waals surface area contributed by atoms with Crippen molar-refractivity contribution in [3.05, 3.63) is 23.8 Å². The lowest BCUT2D eigenvalue weighted by molar-refractivity contribution is 0.1000. The fourth-order valence-corrected chi connectivity index (χ4v) is 2.58. The molecule has 1 aromatic carbocycles. The molecule has 0 unspecified atom stereocenters. The highest BCUT2D eigenvalue weighted by Gasteiger charge is 2.17.